The van der Waals surface area contributed by atoms with Crippen LogP contribution in [0.15, 0.2) is 23.3 Å². The lowest BCUT2D eigenvalue weighted by molar-refractivity contribution is -0.189. The Bertz CT molecular complexity index is 1280. The average Bonchev–Trinajstić information content (AvgIpc) is 3.30. The van der Waals surface area contributed by atoms with Crippen molar-refractivity contribution in [3.63, 3.8) is 0 Å². The van der Waals surface area contributed by atoms with Crippen LogP contribution in [0.1, 0.15) is 92.4 Å². The summed E-state index contributed by atoms with van der Waals surface area (Å²) in [4.78, 5) is 39.4. The third-order valence-electron chi connectivity index (χ3n) is 13.3. The van der Waals surface area contributed by atoms with Gasteiger partial charge in [0.1, 0.15) is 17.8 Å². The Morgan fingerprint density at radius 2 is 1.60 bits per heavy atom. The minimum Gasteiger partial charge on any atom is -0.458 e. The van der Waals surface area contributed by atoms with Gasteiger partial charge in [0.15, 0.2) is 5.78 Å². The van der Waals surface area contributed by atoms with Gasteiger partial charge in [-0.2, -0.15) is 0 Å². The molecule has 0 aromatic heterocycles. The highest BCUT2D eigenvalue weighted by Crippen LogP contribution is 2.77. The van der Waals surface area contributed by atoms with E-state index >= 15 is 0 Å². The maximum atomic E-state index is 13.9. The van der Waals surface area contributed by atoms with Gasteiger partial charge < -0.3 is 24.4 Å². The van der Waals surface area contributed by atoms with Gasteiger partial charge in [0, 0.05) is 29.6 Å². The van der Waals surface area contributed by atoms with Gasteiger partial charge >= 0.3 is 12.1 Å². The van der Waals surface area contributed by atoms with Gasteiger partial charge in [-0.1, -0.05) is 32.9 Å². The van der Waals surface area contributed by atoms with Gasteiger partial charge in [0.2, 0.25) is 0 Å². The van der Waals surface area contributed by atoms with Crippen molar-refractivity contribution in [3.05, 3.63) is 23.3 Å². The van der Waals surface area contributed by atoms with Crippen LogP contribution in [0, 0.1) is 52.3 Å². The van der Waals surface area contributed by atoms with E-state index in [1.54, 1.807) is 19.9 Å². The van der Waals surface area contributed by atoms with Gasteiger partial charge in [-0.25, -0.2) is 4.79 Å². The standard InChI is InChI=1S/C35H48O8/c1-6-41-30(38)42-18-24-11-25-28-31(4,5)34(28,12-20(3)35(25,40)26-7-19(2)29(37)33(26,39)16-24)43-27(36)17-32-13-21-8-22(14-32)10-23(9-21)15-32/h7,11,20-23,25-26,28,39-40H,6,8-10,12-18H2,1-5H3/t20-,21?,22?,23?,25+,26-,28-,32?,33-,34+,35-/m1/s1. The topological polar surface area (TPSA) is 119 Å². The molecule has 0 unspecified atom stereocenters. The Labute approximate surface area is 254 Å². The number of rotatable bonds is 6. The Hall–Kier alpha value is -2.19. The van der Waals surface area contributed by atoms with Crippen LogP contribution in [0.5, 0.6) is 0 Å². The first kappa shape index (κ1) is 29.5. The Morgan fingerprint density at radius 3 is 2.21 bits per heavy atom. The Morgan fingerprint density at radius 1 is 0.977 bits per heavy atom. The largest absolute Gasteiger partial charge is 0.508 e. The highest BCUT2D eigenvalue weighted by molar-refractivity contribution is 6.04. The summed E-state index contributed by atoms with van der Waals surface area (Å²) in [5.74, 6) is -0.221. The van der Waals surface area contributed by atoms with E-state index in [-0.39, 0.29) is 42.9 Å². The first-order valence-electron chi connectivity index (χ1n) is 16.6. The average molecular weight is 597 g/mol. The molecule has 0 aromatic rings. The fraction of sp³-hybridized carbons (Fsp3) is 0.800. The minimum absolute atomic E-state index is 0.0543. The van der Waals surface area contributed by atoms with E-state index in [1.165, 1.54) is 19.3 Å². The number of esters is 1. The molecule has 0 radical (unpaired) electrons. The van der Waals surface area contributed by atoms with Crippen molar-refractivity contribution in [2.45, 2.75) is 109 Å². The molecule has 0 aliphatic heterocycles. The molecule has 4 bridgehead atoms. The van der Waals surface area contributed by atoms with Crippen LogP contribution in [0.4, 0.5) is 4.79 Å². The predicted octanol–water partition coefficient (Wildman–Crippen LogP) is 5.30. The summed E-state index contributed by atoms with van der Waals surface area (Å²) in [5, 5.41) is 24.7. The van der Waals surface area contributed by atoms with E-state index < -0.39 is 46.0 Å². The molecular weight excluding hydrogens is 548 g/mol. The normalized spacial score (nSPS) is 48.3. The molecule has 0 aromatic carbocycles. The molecule has 8 heteroatoms. The third-order valence-corrected chi connectivity index (χ3v) is 13.3. The lowest BCUT2D eigenvalue weighted by Crippen LogP contribution is -2.61. The first-order valence-corrected chi connectivity index (χ1v) is 16.6. The maximum Gasteiger partial charge on any atom is 0.508 e. The number of carbonyl (C=O) groups is 3. The number of hydrogen-bond donors (Lipinski definition) is 2. The highest BCUT2D eigenvalue weighted by atomic mass is 16.7. The SMILES string of the molecule is CCOC(=O)OCC1=C[C@H]2[C@@H]3C(C)(C)[C@]3(OC(=O)CC34CC5CC(CC(C5)C3)C4)C[C@@H](C)[C@]2(O)[C@@H]2C=C(C)C(=O)[C@@]2(O)C1. The van der Waals surface area contributed by atoms with Gasteiger partial charge in [0.25, 0.3) is 0 Å². The molecule has 8 nitrogen and oxygen atoms in total. The Balaban J connectivity index is 1.20. The molecule has 7 atom stereocenters. The summed E-state index contributed by atoms with van der Waals surface area (Å²) in [5.41, 5.74) is -3.43. The lowest BCUT2D eigenvalue weighted by Gasteiger charge is -2.56. The van der Waals surface area contributed by atoms with E-state index in [0.717, 1.165) is 37.0 Å². The fourth-order valence-corrected chi connectivity index (χ4v) is 12.0. The van der Waals surface area contributed by atoms with Crippen LogP contribution < -0.4 is 0 Å². The van der Waals surface area contributed by atoms with Crippen molar-refractivity contribution in [3.8, 4) is 0 Å². The third kappa shape index (κ3) is 4.10. The summed E-state index contributed by atoms with van der Waals surface area (Å²) < 4.78 is 16.9. The molecule has 0 saturated heterocycles. The van der Waals surface area contributed by atoms with Gasteiger partial charge in [-0.05, 0) is 99.0 Å². The van der Waals surface area contributed by atoms with E-state index in [9.17, 15) is 24.6 Å². The second-order valence-electron chi connectivity index (χ2n) is 16.2. The molecule has 8 aliphatic rings. The molecule has 0 spiro atoms. The van der Waals surface area contributed by atoms with Crippen LogP contribution in [0.3, 0.4) is 0 Å². The zero-order chi connectivity index (χ0) is 30.7. The highest BCUT2D eigenvalue weighted by Gasteiger charge is 2.83. The molecule has 43 heavy (non-hydrogen) atoms. The first-order chi connectivity index (χ1) is 20.2. The van der Waals surface area contributed by atoms with Gasteiger partial charge in [-0.3, -0.25) is 9.59 Å². The molecule has 8 aliphatic carbocycles. The zero-order valence-electron chi connectivity index (χ0n) is 26.3. The maximum absolute atomic E-state index is 13.9. The van der Waals surface area contributed by atoms with E-state index in [1.807, 2.05) is 13.0 Å². The van der Waals surface area contributed by atoms with Crippen LogP contribution in [0.2, 0.25) is 0 Å². The molecule has 8 rings (SSSR count). The fourth-order valence-electron chi connectivity index (χ4n) is 12.0. The van der Waals surface area contributed by atoms with Gasteiger partial charge in [-0.15, -0.1) is 0 Å². The number of aliphatic hydroxyl groups is 2. The summed E-state index contributed by atoms with van der Waals surface area (Å²) in [7, 11) is 0. The number of ketones is 1. The van der Waals surface area contributed by atoms with Crippen molar-refractivity contribution in [1.82, 2.24) is 0 Å². The van der Waals surface area contributed by atoms with Crippen LogP contribution in [-0.2, 0) is 23.8 Å². The number of hydrogen-bond acceptors (Lipinski definition) is 8. The summed E-state index contributed by atoms with van der Waals surface area (Å²) in [6.45, 7) is 9.53. The summed E-state index contributed by atoms with van der Waals surface area (Å²) in [6.07, 6.45) is 11.1. The molecular formula is C35H48O8. The molecule has 6 fully saturated rings. The number of fused-ring (bicyclic) bond motifs is 5. The van der Waals surface area contributed by atoms with Crippen LogP contribution >= 0.6 is 0 Å². The van der Waals surface area contributed by atoms with Crippen molar-refractivity contribution in [2.24, 2.45) is 52.3 Å². The molecule has 2 N–H and O–H groups in total. The second-order valence-corrected chi connectivity index (χ2v) is 16.2. The lowest BCUT2D eigenvalue weighted by atomic mass is 9.49. The minimum atomic E-state index is -1.85. The summed E-state index contributed by atoms with van der Waals surface area (Å²) >= 11 is 0. The zero-order valence-corrected chi connectivity index (χ0v) is 26.3. The van der Waals surface area contributed by atoms with Crippen molar-refractivity contribution >= 4 is 17.9 Å². The number of carbonyl (C=O) groups excluding carboxylic acids is 3. The quantitative estimate of drug-likeness (QED) is 0.313. The van der Waals surface area contributed by atoms with E-state index in [2.05, 4.69) is 13.8 Å². The Kier molecular flexibility index (Phi) is 6.46. The molecule has 6 saturated carbocycles. The van der Waals surface area contributed by atoms with E-state index in [0.29, 0.717) is 24.0 Å². The van der Waals surface area contributed by atoms with Crippen LogP contribution in [-0.4, -0.2) is 58.1 Å². The smallest absolute Gasteiger partial charge is 0.458 e. The molecule has 0 heterocycles. The predicted molar refractivity (Wildman–Crippen MR) is 156 cm³/mol. The summed E-state index contributed by atoms with van der Waals surface area (Å²) in [6, 6.07) is 0. The van der Waals surface area contributed by atoms with Crippen molar-refractivity contribution in [1.29, 1.82) is 0 Å². The monoisotopic (exact) mass is 596 g/mol. The van der Waals surface area contributed by atoms with Crippen molar-refractivity contribution < 1.29 is 38.8 Å². The van der Waals surface area contributed by atoms with Gasteiger partial charge in [0.05, 0.1) is 18.6 Å². The number of Topliss-reactive ketones (excluding diaryl/α,β-unsaturated/α-hetero) is 1. The van der Waals surface area contributed by atoms with E-state index in [4.69, 9.17) is 14.2 Å². The number of ether oxygens (including phenoxy) is 3. The van der Waals surface area contributed by atoms with Crippen LogP contribution in [0.25, 0.3) is 0 Å². The second kappa shape index (κ2) is 9.41. The molecule has 236 valence electrons. The van der Waals surface area contributed by atoms with Crippen molar-refractivity contribution in [2.75, 3.05) is 13.2 Å². The molecule has 0 amide bonds.